The second kappa shape index (κ2) is 18.9. The van der Waals surface area contributed by atoms with Crippen LogP contribution < -0.4 is 9.80 Å². The number of nitrogens with zero attached hydrogens (tertiary/aromatic N) is 2. The van der Waals surface area contributed by atoms with E-state index in [-0.39, 0.29) is 5.41 Å². The van der Waals surface area contributed by atoms with Gasteiger partial charge in [0.2, 0.25) is 0 Å². The normalized spacial score (nSPS) is 12.9. The fourth-order valence-corrected chi connectivity index (χ4v) is 14.4. The Labute approximate surface area is 495 Å². The van der Waals surface area contributed by atoms with Crippen LogP contribution in [0.5, 0.6) is 0 Å². The van der Waals surface area contributed by atoms with Crippen LogP contribution in [0.4, 0.5) is 34.1 Å². The Morgan fingerprint density at radius 1 is 0.247 bits per heavy atom. The Kier molecular flexibility index (Phi) is 10.8. The Bertz CT molecular complexity index is 5170. The molecule has 0 aromatic heterocycles. The fourth-order valence-electron chi connectivity index (χ4n) is 14.4. The van der Waals surface area contributed by atoms with Crippen molar-refractivity contribution in [2.75, 3.05) is 9.80 Å². The van der Waals surface area contributed by atoms with Gasteiger partial charge in [-0.05, 0) is 222 Å². The Hall–Kier alpha value is -10.8. The zero-order valence-corrected chi connectivity index (χ0v) is 47.3. The molecule has 0 fully saturated rings. The van der Waals surface area contributed by atoms with Crippen molar-refractivity contribution in [2.24, 2.45) is 0 Å². The van der Waals surface area contributed by atoms with E-state index >= 15 is 0 Å². The third-order valence-electron chi connectivity index (χ3n) is 18.6. The van der Waals surface area contributed by atoms with Gasteiger partial charge in [-0.1, -0.05) is 227 Å². The molecular formula is C83H56N2. The maximum atomic E-state index is 4.77. The van der Waals surface area contributed by atoms with Crippen molar-refractivity contribution >= 4 is 104 Å². The van der Waals surface area contributed by atoms with Crippen molar-refractivity contribution in [3.63, 3.8) is 0 Å². The van der Waals surface area contributed by atoms with Crippen LogP contribution in [0.25, 0.3) is 115 Å². The summed E-state index contributed by atoms with van der Waals surface area (Å²) in [5.41, 5.74) is 22.2. The zero-order valence-electron chi connectivity index (χ0n) is 47.3. The highest BCUT2D eigenvalue weighted by Crippen LogP contribution is 2.54. The van der Waals surface area contributed by atoms with Gasteiger partial charge in [0.25, 0.3) is 0 Å². The van der Waals surface area contributed by atoms with Gasteiger partial charge < -0.3 is 9.80 Å². The highest BCUT2D eigenvalue weighted by Gasteiger charge is 2.36. The van der Waals surface area contributed by atoms with Gasteiger partial charge >= 0.3 is 0 Å². The molecule has 0 spiro atoms. The zero-order chi connectivity index (χ0) is 56.5. The fraction of sp³-hybridized carbons (Fsp3) is 0.0361. The average Bonchev–Trinajstić information content (AvgIpc) is 1.92. The van der Waals surface area contributed by atoms with Crippen molar-refractivity contribution < 1.29 is 0 Å². The molecule has 0 atom stereocenters. The third kappa shape index (κ3) is 7.72. The lowest BCUT2D eigenvalue weighted by atomic mass is 9.80. The molecule has 0 bridgehead atoms. The van der Waals surface area contributed by atoms with Gasteiger partial charge in [0, 0.05) is 39.5 Å². The first-order valence-corrected chi connectivity index (χ1v) is 29.6. The molecular weight excluding hydrogens is 1020 g/mol. The first-order valence-electron chi connectivity index (χ1n) is 29.6. The SMILES string of the molecule is C=C1c2ccccc2-c2ccc(-c3c4ccc(N(c5ccc6ccccc6c5)c5ccc6ccccc6c5)cc4c(-c4ccc5c(c4)C(C)(C)c4ccccc4-5)c4ccc(N(c5ccc6ccccc6c5)c5ccc6ccccc6c5)cc34)cc21. The molecule has 0 N–H and O–H groups in total. The molecule has 0 unspecified atom stereocenters. The summed E-state index contributed by atoms with van der Waals surface area (Å²) < 4.78 is 0. The molecule has 0 saturated carbocycles. The van der Waals surface area contributed by atoms with Crippen LogP contribution >= 0.6 is 0 Å². The molecule has 85 heavy (non-hydrogen) atoms. The standard InChI is InChI=1S/C83H56N2/c1-52-69-24-12-13-25-70(69)71-40-32-61(48-76(52)71)81-74-42-38-68(85(65-36-30-55-18-6-10-22-59(55)46-65)66-37-31-56-19-7-11-23-60(56)47-66)51-78(74)82(62-33-41-73-72-26-14-15-27-79(72)83(2,3)80(73)49-62)75-43-39-67(50-77(75)81)84(63-34-28-53-16-4-8-20-57(53)44-63)64-35-29-54-17-5-9-21-58(54)45-64/h4-51H,1H2,2-3H3. The van der Waals surface area contributed by atoms with E-state index in [0.29, 0.717) is 0 Å². The van der Waals surface area contributed by atoms with Crippen molar-refractivity contribution in [2.45, 2.75) is 19.3 Å². The predicted octanol–water partition coefficient (Wildman–Crippen LogP) is 23.2. The summed E-state index contributed by atoms with van der Waals surface area (Å²) in [4.78, 5) is 4.91. The summed E-state index contributed by atoms with van der Waals surface area (Å²) in [6, 6.07) is 109. The monoisotopic (exact) mass is 1080 g/mol. The highest BCUT2D eigenvalue weighted by molar-refractivity contribution is 6.23. The van der Waals surface area contributed by atoms with Gasteiger partial charge in [0.1, 0.15) is 0 Å². The second-order valence-corrected chi connectivity index (χ2v) is 23.7. The number of benzene rings is 15. The number of hydrogen-bond donors (Lipinski definition) is 0. The number of fused-ring (bicyclic) bond motifs is 12. The molecule has 2 nitrogen and oxygen atoms in total. The molecule has 15 aromatic carbocycles. The lowest BCUT2D eigenvalue weighted by Crippen LogP contribution is -2.14. The molecule has 17 rings (SSSR count). The van der Waals surface area contributed by atoms with E-state index in [0.717, 1.165) is 45.3 Å². The summed E-state index contributed by atoms with van der Waals surface area (Å²) in [5.74, 6) is 0. The summed E-state index contributed by atoms with van der Waals surface area (Å²) >= 11 is 0. The topological polar surface area (TPSA) is 6.48 Å². The van der Waals surface area contributed by atoms with E-state index in [1.807, 2.05) is 0 Å². The van der Waals surface area contributed by atoms with Crippen LogP contribution in [0, 0.1) is 0 Å². The van der Waals surface area contributed by atoms with Crippen molar-refractivity contribution in [1.82, 2.24) is 0 Å². The Morgan fingerprint density at radius 2 is 0.588 bits per heavy atom. The molecule has 0 aliphatic heterocycles. The van der Waals surface area contributed by atoms with E-state index in [4.69, 9.17) is 6.58 Å². The largest absolute Gasteiger partial charge is 0.310 e. The van der Waals surface area contributed by atoms with Gasteiger partial charge in [-0.3, -0.25) is 0 Å². The van der Waals surface area contributed by atoms with Crippen LogP contribution in [0.1, 0.15) is 36.1 Å². The average molecular weight is 1080 g/mol. The Morgan fingerprint density at radius 3 is 1.06 bits per heavy atom. The first kappa shape index (κ1) is 48.9. The van der Waals surface area contributed by atoms with E-state index in [1.54, 1.807) is 0 Å². The van der Waals surface area contributed by atoms with E-state index in [1.165, 1.54) is 126 Å². The number of rotatable bonds is 8. The van der Waals surface area contributed by atoms with Crippen LogP contribution in [0.3, 0.4) is 0 Å². The van der Waals surface area contributed by atoms with Crippen LogP contribution in [-0.2, 0) is 5.41 Å². The van der Waals surface area contributed by atoms with Gasteiger partial charge in [0.05, 0.1) is 0 Å². The maximum absolute atomic E-state index is 4.77. The first-order chi connectivity index (χ1) is 41.8. The van der Waals surface area contributed by atoms with Gasteiger partial charge in [-0.15, -0.1) is 0 Å². The van der Waals surface area contributed by atoms with Crippen LogP contribution in [0.15, 0.2) is 298 Å². The minimum absolute atomic E-state index is 0.209. The molecule has 2 aliphatic rings. The lowest BCUT2D eigenvalue weighted by molar-refractivity contribution is 0.660. The molecule has 0 radical (unpaired) electrons. The van der Waals surface area contributed by atoms with E-state index < -0.39 is 0 Å². The van der Waals surface area contributed by atoms with Crippen LogP contribution in [0.2, 0.25) is 0 Å². The van der Waals surface area contributed by atoms with E-state index in [2.05, 4.69) is 315 Å². The van der Waals surface area contributed by atoms with Crippen molar-refractivity contribution in [3.8, 4) is 44.5 Å². The lowest BCUT2D eigenvalue weighted by Gasteiger charge is -2.29. The maximum Gasteiger partial charge on any atom is 0.0468 e. The summed E-state index contributed by atoms with van der Waals surface area (Å²) in [7, 11) is 0. The molecule has 0 heterocycles. The quantitative estimate of drug-likeness (QED) is 0.140. The van der Waals surface area contributed by atoms with E-state index in [9.17, 15) is 0 Å². The smallest absolute Gasteiger partial charge is 0.0468 e. The second-order valence-electron chi connectivity index (χ2n) is 23.7. The van der Waals surface area contributed by atoms with Gasteiger partial charge in [-0.2, -0.15) is 0 Å². The van der Waals surface area contributed by atoms with Crippen LogP contribution in [-0.4, -0.2) is 0 Å². The molecule has 15 aromatic rings. The molecule has 2 aliphatic carbocycles. The van der Waals surface area contributed by atoms with Crippen molar-refractivity contribution in [3.05, 3.63) is 320 Å². The molecule has 0 saturated heterocycles. The summed E-state index contributed by atoms with van der Waals surface area (Å²) in [6.45, 7) is 9.55. The number of hydrogen-bond acceptors (Lipinski definition) is 2. The third-order valence-corrected chi connectivity index (χ3v) is 18.6. The molecule has 0 amide bonds. The van der Waals surface area contributed by atoms with Gasteiger partial charge in [-0.25, -0.2) is 0 Å². The van der Waals surface area contributed by atoms with Gasteiger partial charge in [0.15, 0.2) is 0 Å². The minimum atomic E-state index is -0.209. The highest BCUT2D eigenvalue weighted by atomic mass is 15.1. The van der Waals surface area contributed by atoms with Crippen molar-refractivity contribution in [1.29, 1.82) is 0 Å². The predicted molar refractivity (Wildman–Crippen MR) is 363 cm³/mol. The minimum Gasteiger partial charge on any atom is -0.310 e. The molecule has 398 valence electrons. The Balaban J connectivity index is 0.982. The number of anilines is 6. The summed E-state index contributed by atoms with van der Waals surface area (Å²) in [6.07, 6.45) is 0. The molecule has 2 heteroatoms. The summed E-state index contributed by atoms with van der Waals surface area (Å²) in [5, 5.41) is 14.3.